The van der Waals surface area contributed by atoms with Crippen molar-refractivity contribution in [2.75, 3.05) is 12.0 Å². The second kappa shape index (κ2) is 4.81. The minimum atomic E-state index is -0.400. The summed E-state index contributed by atoms with van der Waals surface area (Å²) in [7, 11) is 1.69. The third kappa shape index (κ3) is 1.69. The number of hydrogen-bond acceptors (Lipinski definition) is 4. The van der Waals surface area contributed by atoms with E-state index in [1.54, 1.807) is 13.3 Å². The molecule has 2 aliphatic rings. The van der Waals surface area contributed by atoms with Crippen LogP contribution in [0.25, 0.3) is 0 Å². The van der Waals surface area contributed by atoms with E-state index in [1.165, 1.54) is 22.5 Å². The number of rotatable bonds is 4. The summed E-state index contributed by atoms with van der Waals surface area (Å²) in [6, 6.07) is 6.20. The lowest BCUT2D eigenvalue weighted by atomic mass is 9.87. The van der Waals surface area contributed by atoms with Crippen molar-refractivity contribution in [3.05, 3.63) is 40.9 Å². The van der Waals surface area contributed by atoms with Crippen LogP contribution < -0.4 is 9.64 Å². The molecular weight excluding hydrogens is 296 g/mol. The largest absolute Gasteiger partial charge is 0.497 e. The van der Waals surface area contributed by atoms with Crippen LogP contribution in [0.2, 0.25) is 0 Å². The summed E-state index contributed by atoms with van der Waals surface area (Å²) in [5.74, 6) is 1.32. The number of methoxy groups -OCH3 is 1. The first-order chi connectivity index (χ1) is 10.7. The normalized spacial score (nSPS) is 25.6. The molecule has 1 aliphatic carbocycles. The van der Waals surface area contributed by atoms with Gasteiger partial charge in [-0.05, 0) is 29.7 Å². The molecule has 0 saturated carbocycles. The number of anilines is 1. The van der Waals surface area contributed by atoms with E-state index in [0.29, 0.717) is 0 Å². The van der Waals surface area contributed by atoms with Crippen LogP contribution in [-0.4, -0.2) is 23.5 Å². The first-order valence-corrected chi connectivity index (χ1v) is 8.51. The third-order valence-corrected chi connectivity index (χ3v) is 5.63. The first-order valence-electron chi connectivity index (χ1n) is 7.63. The van der Waals surface area contributed by atoms with Crippen molar-refractivity contribution >= 4 is 22.4 Å². The number of nitrogens with zero attached hydrogens (tertiary/aromatic N) is 2. The molecule has 2 heterocycles. The van der Waals surface area contributed by atoms with Gasteiger partial charge < -0.3 is 4.74 Å². The van der Waals surface area contributed by atoms with E-state index >= 15 is 0 Å². The highest BCUT2D eigenvalue weighted by Gasteiger charge is 2.70. The molecule has 1 saturated heterocycles. The fraction of sp³-hybridized carbons (Fsp3) is 0.412. The average molecular weight is 314 g/mol. The highest BCUT2D eigenvalue weighted by atomic mass is 32.1. The number of ether oxygens (including phenoxy) is 1. The molecule has 5 heteroatoms. The zero-order valence-electron chi connectivity index (χ0n) is 12.7. The summed E-state index contributed by atoms with van der Waals surface area (Å²) < 4.78 is 5.37. The van der Waals surface area contributed by atoms with Gasteiger partial charge in [0.05, 0.1) is 7.11 Å². The molecule has 4 rings (SSSR count). The fourth-order valence-corrected chi connectivity index (χ4v) is 4.57. The van der Waals surface area contributed by atoms with Crippen LogP contribution in [0.5, 0.6) is 5.75 Å². The van der Waals surface area contributed by atoms with Crippen LogP contribution in [0.15, 0.2) is 29.8 Å². The van der Waals surface area contributed by atoms with Crippen LogP contribution in [0.1, 0.15) is 36.8 Å². The van der Waals surface area contributed by atoms with E-state index in [4.69, 9.17) is 4.74 Å². The number of amides is 1. The number of fused-ring (bicyclic) bond motifs is 1. The molecule has 1 fully saturated rings. The van der Waals surface area contributed by atoms with Crippen molar-refractivity contribution < 1.29 is 9.53 Å². The summed E-state index contributed by atoms with van der Waals surface area (Å²) in [5, 5.41) is 2.75. The molecule has 1 aromatic carbocycles. The Kier molecular flexibility index (Phi) is 3.01. The SMILES string of the molecule is CCC[C@H]1c2cc(OC)ccc2C[C@]12C(=O)N2c1nccs1. The molecule has 1 spiro atoms. The number of carbonyl (C=O) groups excluding carboxylic acids is 1. The van der Waals surface area contributed by atoms with Crippen molar-refractivity contribution in [1.82, 2.24) is 4.98 Å². The van der Waals surface area contributed by atoms with E-state index in [-0.39, 0.29) is 11.8 Å². The van der Waals surface area contributed by atoms with Gasteiger partial charge in [-0.2, -0.15) is 0 Å². The molecule has 0 radical (unpaired) electrons. The molecular formula is C17H18N2O2S. The number of carbonyl (C=O) groups is 1. The van der Waals surface area contributed by atoms with Crippen LogP contribution in [0.4, 0.5) is 5.13 Å². The molecule has 22 heavy (non-hydrogen) atoms. The maximum absolute atomic E-state index is 12.7. The first kappa shape index (κ1) is 13.8. The third-order valence-electron chi connectivity index (χ3n) is 4.88. The minimum absolute atomic E-state index is 0.219. The van der Waals surface area contributed by atoms with Gasteiger partial charge in [0.25, 0.3) is 5.91 Å². The summed E-state index contributed by atoms with van der Waals surface area (Å²) in [6.45, 7) is 2.17. The molecule has 2 aromatic rings. The second-order valence-corrected chi connectivity index (χ2v) is 6.84. The molecule has 0 N–H and O–H groups in total. The Morgan fingerprint density at radius 3 is 3.05 bits per heavy atom. The molecule has 4 nitrogen and oxygen atoms in total. The average Bonchev–Trinajstić information content (AvgIpc) is 2.94. The minimum Gasteiger partial charge on any atom is -0.497 e. The molecule has 0 unspecified atom stereocenters. The van der Waals surface area contributed by atoms with E-state index in [9.17, 15) is 4.79 Å². The summed E-state index contributed by atoms with van der Waals surface area (Å²) in [5.41, 5.74) is 2.14. The summed E-state index contributed by atoms with van der Waals surface area (Å²) >= 11 is 1.53. The molecule has 1 aliphatic heterocycles. The van der Waals surface area contributed by atoms with Gasteiger partial charge in [-0.15, -0.1) is 11.3 Å². The predicted octanol–water partition coefficient (Wildman–Crippen LogP) is 3.38. The van der Waals surface area contributed by atoms with Crippen molar-refractivity contribution in [2.24, 2.45) is 0 Å². The predicted molar refractivity (Wildman–Crippen MR) is 86.7 cm³/mol. The van der Waals surface area contributed by atoms with Gasteiger partial charge in [-0.25, -0.2) is 4.98 Å². The smallest absolute Gasteiger partial charge is 0.257 e. The number of aromatic nitrogens is 1. The Hall–Kier alpha value is -1.88. The molecule has 1 amide bonds. The Balaban J connectivity index is 1.77. The van der Waals surface area contributed by atoms with Gasteiger partial charge in [0, 0.05) is 23.9 Å². The highest BCUT2D eigenvalue weighted by molar-refractivity contribution is 7.14. The van der Waals surface area contributed by atoms with Gasteiger partial charge in [0.1, 0.15) is 11.3 Å². The summed E-state index contributed by atoms with van der Waals surface area (Å²) in [4.78, 5) is 19.0. The maximum Gasteiger partial charge on any atom is 0.257 e. The number of benzene rings is 1. The van der Waals surface area contributed by atoms with Crippen LogP contribution >= 0.6 is 11.3 Å². The Morgan fingerprint density at radius 2 is 2.36 bits per heavy atom. The quantitative estimate of drug-likeness (QED) is 0.813. The van der Waals surface area contributed by atoms with Crippen LogP contribution in [0, 0.1) is 0 Å². The highest BCUT2D eigenvalue weighted by Crippen LogP contribution is 2.58. The van der Waals surface area contributed by atoms with Crippen LogP contribution in [0.3, 0.4) is 0 Å². The fourth-order valence-electron chi connectivity index (χ4n) is 3.86. The van der Waals surface area contributed by atoms with Gasteiger partial charge in [0.15, 0.2) is 5.13 Å². The topological polar surface area (TPSA) is 42.2 Å². The lowest BCUT2D eigenvalue weighted by Crippen LogP contribution is -2.24. The van der Waals surface area contributed by atoms with Gasteiger partial charge in [-0.1, -0.05) is 19.4 Å². The molecule has 114 valence electrons. The number of hydrogen-bond donors (Lipinski definition) is 0. The van der Waals surface area contributed by atoms with Crippen molar-refractivity contribution in [2.45, 2.75) is 37.6 Å². The Bertz CT molecular complexity index is 728. The van der Waals surface area contributed by atoms with E-state index in [0.717, 1.165) is 30.1 Å². The van der Waals surface area contributed by atoms with Gasteiger partial charge in [0.2, 0.25) is 0 Å². The zero-order chi connectivity index (χ0) is 15.3. The monoisotopic (exact) mass is 314 g/mol. The second-order valence-electron chi connectivity index (χ2n) is 5.96. The Morgan fingerprint density at radius 1 is 1.50 bits per heavy atom. The molecule has 0 bridgehead atoms. The molecule has 2 atom stereocenters. The van der Waals surface area contributed by atoms with Gasteiger partial charge >= 0.3 is 0 Å². The van der Waals surface area contributed by atoms with E-state index in [2.05, 4.69) is 24.0 Å². The van der Waals surface area contributed by atoms with E-state index in [1.807, 2.05) is 16.3 Å². The van der Waals surface area contributed by atoms with Crippen molar-refractivity contribution in [3.8, 4) is 5.75 Å². The zero-order valence-corrected chi connectivity index (χ0v) is 13.5. The Labute approximate surface area is 133 Å². The van der Waals surface area contributed by atoms with Crippen molar-refractivity contribution in [3.63, 3.8) is 0 Å². The summed E-state index contributed by atoms with van der Waals surface area (Å²) in [6.07, 6.45) is 4.62. The number of thiazole rings is 1. The van der Waals surface area contributed by atoms with Gasteiger partial charge in [-0.3, -0.25) is 9.69 Å². The molecule has 1 aromatic heterocycles. The standard InChI is InChI=1S/C17H18N2O2S/c1-3-4-14-13-9-12(21-2)6-5-11(13)10-17(14)15(20)19(17)16-18-7-8-22-16/h5-9,14H,3-4,10H2,1-2H3/t14-,17+,19?/m0/s1. The van der Waals surface area contributed by atoms with Crippen LogP contribution in [-0.2, 0) is 11.2 Å². The van der Waals surface area contributed by atoms with E-state index < -0.39 is 5.54 Å². The van der Waals surface area contributed by atoms with Crippen molar-refractivity contribution in [1.29, 1.82) is 0 Å². The lowest BCUT2D eigenvalue weighted by molar-refractivity contribution is -0.111. The maximum atomic E-state index is 12.7. The lowest BCUT2D eigenvalue weighted by Gasteiger charge is -2.18.